The fraction of sp³-hybridized carbons (Fsp3) is 0.882. The lowest BCUT2D eigenvalue weighted by atomic mass is 10.1. The number of rotatable bonds is 50. The number of hydrogen-bond acceptors (Lipinski definition) is 13. The molecule has 378 valence electrons. The molecular weight excluding hydrogens is 821 g/mol. The van der Waals surface area contributed by atoms with Crippen molar-refractivity contribution in [3.8, 4) is 0 Å². The molecule has 0 heterocycles. The Balaban J connectivity index is 4.50. The van der Waals surface area contributed by atoms with Crippen LogP contribution in [0.15, 0.2) is 24.3 Å². The summed E-state index contributed by atoms with van der Waals surface area (Å²) in [6.45, 7) is 2.76. The third kappa shape index (κ3) is 45.2. The predicted molar refractivity (Wildman–Crippen MR) is 254 cm³/mol. The van der Waals surface area contributed by atoms with Crippen LogP contribution in [0.5, 0.6) is 0 Å². The number of unbranched alkanes of at least 4 members (excludes halogenated alkanes) is 22. The molecule has 0 aromatic rings. The first kappa shape index (κ1) is 62.1. The summed E-state index contributed by atoms with van der Waals surface area (Å²) in [5.41, 5.74) is 0. The van der Waals surface area contributed by atoms with Gasteiger partial charge in [0, 0.05) is 12.8 Å². The first-order valence-corrected chi connectivity index (χ1v) is 25.5. The monoisotopic (exact) mass is 917 g/mol. The van der Waals surface area contributed by atoms with Crippen LogP contribution in [0.25, 0.3) is 0 Å². The number of carbonyl (C=O) groups is 2. The van der Waals surface area contributed by atoms with E-state index in [-0.39, 0.29) is 77.6 Å². The van der Waals surface area contributed by atoms with Gasteiger partial charge in [0.2, 0.25) is 0 Å². The van der Waals surface area contributed by atoms with Gasteiger partial charge in [0.05, 0.1) is 66.1 Å². The predicted octanol–water partition coefficient (Wildman–Crippen LogP) is 9.02. The topological polar surface area (TPSA) is 191 Å². The first-order valence-electron chi connectivity index (χ1n) is 25.5. The lowest BCUT2D eigenvalue weighted by Crippen LogP contribution is -2.34. The molecule has 4 unspecified atom stereocenters. The van der Waals surface area contributed by atoms with E-state index in [4.69, 9.17) is 38.6 Å². The van der Waals surface area contributed by atoms with Crippen molar-refractivity contribution >= 4 is 11.9 Å². The van der Waals surface area contributed by atoms with E-state index >= 15 is 0 Å². The van der Waals surface area contributed by atoms with Crippen molar-refractivity contribution in [1.29, 1.82) is 0 Å². The van der Waals surface area contributed by atoms with Crippen LogP contribution in [0.3, 0.4) is 0 Å². The van der Waals surface area contributed by atoms with Crippen LogP contribution in [0.4, 0.5) is 0 Å². The van der Waals surface area contributed by atoms with Crippen molar-refractivity contribution in [1.82, 2.24) is 0 Å². The number of hydrogen-bond donors (Lipinski definition) is 5. The zero-order valence-corrected chi connectivity index (χ0v) is 40.6. The van der Waals surface area contributed by atoms with Crippen LogP contribution in [-0.4, -0.2) is 134 Å². The Morgan fingerprint density at radius 2 is 0.641 bits per heavy atom. The zero-order chi connectivity index (χ0) is 47.0. The van der Waals surface area contributed by atoms with E-state index in [1.165, 1.54) is 89.9 Å². The fourth-order valence-electron chi connectivity index (χ4n) is 6.90. The standard InChI is InChI=1S/C51H96O13/c1-3-5-7-9-11-13-15-17-19-21-23-25-27-29-31-33-50(57)63-48(41-59-37-45(54)35-52)43-61-39-47(56)40-62-44-49(42-60-38-46(55)36-53)64-51(58)34-32-30-28-26-24-22-20-18-16-14-12-10-8-6-4-2/h17-20,45-49,52-56H,3-16,21-44H2,1-2H3/b19-17-,20-18-. The van der Waals surface area contributed by atoms with Crippen molar-refractivity contribution in [3.05, 3.63) is 24.3 Å². The average molecular weight is 917 g/mol. The maximum atomic E-state index is 12.7. The second-order valence-electron chi connectivity index (χ2n) is 17.4. The molecule has 0 aromatic carbocycles. The Morgan fingerprint density at radius 3 is 0.938 bits per heavy atom. The summed E-state index contributed by atoms with van der Waals surface area (Å²) in [7, 11) is 0. The third-order valence-corrected chi connectivity index (χ3v) is 10.8. The van der Waals surface area contributed by atoms with E-state index < -0.39 is 43.7 Å². The molecule has 0 aliphatic rings. The average Bonchev–Trinajstić information content (AvgIpc) is 3.28. The van der Waals surface area contributed by atoms with Crippen molar-refractivity contribution in [2.45, 2.75) is 224 Å². The number of carbonyl (C=O) groups excluding carboxylic acids is 2. The molecule has 0 rings (SSSR count). The highest BCUT2D eigenvalue weighted by atomic mass is 16.6. The van der Waals surface area contributed by atoms with Gasteiger partial charge in [-0.1, -0.05) is 141 Å². The fourth-order valence-corrected chi connectivity index (χ4v) is 6.90. The molecule has 13 heteroatoms. The molecule has 0 saturated heterocycles. The van der Waals surface area contributed by atoms with Crippen molar-refractivity contribution in [2.24, 2.45) is 0 Å². The highest BCUT2D eigenvalue weighted by Crippen LogP contribution is 2.13. The summed E-state index contributed by atoms with van der Waals surface area (Å²) in [5, 5.41) is 48.1. The van der Waals surface area contributed by atoms with Gasteiger partial charge in [0.1, 0.15) is 30.5 Å². The first-order chi connectivity index (χ1) is 31.2. The van der Waals surface area contributed by atoms with Gasteiger partial charge >= 0.3 is 11.9 Å². The van der Waals surface area contributed by atoms with E-state index in [2.05, 4.69) is 38.2 Å². The van der Waals surface area contributed by atoms with E-state index in [9.17, 15) is 24.9 Å². The maximum Gasteiger partial charge on any atom is 0.306 e. The van der Waals surface area contributed by atoms with Crippen molar-refractivity contribution < 1.29 is 63.5 Å². The van der Waals surface area contributed by atoms with Crippen molar-refractivity contribution in [3.63, 3.8) is 0 Å². The Hall–Kier alpha value is -1.94. The van der Waals surface area contributed by atoms with Crippen LogP contribution in [-0.2, 0) is 38.0 Å². The SMILES string of the molecule is CCCCCCCC/C=C\CCCCCCCC(=O)OC(COCC(O)CO)COCC(O)COCC(COCC(O)CO)OC(=O)CCCCCCC/C=C\CCCCCCCC. The van der Waals surface area contributed by atoms with Crippen LogP contribution in [0.1, 0.15) is 194 Å². The normalized spacial score (nSPS) is 14.3. The molecule has 64 heavy (non-hydrogen) atoms. The van der Waals surface area contributed by atoms with Crippen LogP contribution >= 0.6 is 0 Å². The van der Waals surface area contributed by atoms with E-state index in [1.54, 1.807) is 0 Å². The summed E-state index contributed by atoms with van der Waals surface area (Å²) >= 11 is 0. The van der Waals surface area contributed by atoms with E-state index in [0.717, 1.165) is 64.2 Å². The smallest absolute Gasteiger partial charge is 0.306 e. The molecule has 0 fully saturated rings. The van der Waals surface area contributed by atoms with Gasteiger partial charge in [-0.3, -0.25) is 9.59 Å². The van der Waals surface area contributed by atoms with Gasteiger partial charge in [0.15, 0.2) is 0 Å². The van der Waals surface area contributed by atoms with Gasteiger partial charge in [-0.2, -0.15) is 0 Å². The number of aliphatic hydroxyl groups excluding tert-OH is 5. The molecule has 0 saturated carbocycles. The number of esters is 2. The minimum atomic E-state index is -1.06. The molecule has 0 aliphatic carbocycles. The zero-order valence-electron chi connectivity index (χ0n) is 40.6. The number of allylic oxidation sites excluding steroid dienone is 4. The molecule has 0 bridgehead atoms. The largest absolute Gasteiger partial charge is 0.457 e. The van der Waals surface area contributed by atoms with Gasteiger partial charge < -0.3 is 54.0 Å². The Labute approximate surface area is 389 Å². The van der Waals surface area contributed by atoms with Gasteiger partial charge in [-0.15, -0.1) is 0 Å². The molecule has 0 spiro atoms. The highest BCUT2D eigenvalue weighted by molar-refractivity contribution is 5.69. The van der Waals surface area contributed by atoms with Crippen LogP contribution in [0, 0.1) is 0 Å². The highest BCUT2D eigenvalue weighted by Gasteiger charge is 2.20. The maximum absolute atomic E-state index is 12.7. The minimum Gasteiger partial charge on any atom is -0.457 e. The Morgan fingerprint density at radius 1 is 0.375 bits per heavy atom. The van der Waals surface area contributed by atoms with Gasteiger partial charge in [-0.05, 0) is 64.2 Å². The molecule has 4 atom stereocenters. The molecule has 5 N–H and O–H groups in total. The van der Waals surface area contributed by atoms with Crippen LogP contribution < -0.4 is 0 Å². The lowest BCUT2D eigenvalue weighted by Gasteiger charge is -2.21. The quantitative estimate of drug-likeness (QED) is 0.0221. The summed E-state index contributed by atoms with van der Waals surface area (Å²) in [5.74, 6) is -0.763. The molecule has 0 aromatic heterocycles. The van der Waals surface area contributed by atoms with E-state index in [0.29, 0.717) is 12.8 Å². The summed E-state index contributed by atoms with van der Waals surface area (Å²) in [4.78, 5) is 25.3. The second-order valence-corrected chi connectivity index (χ2v) is 17.4. The lowest BCUT2D eigenvalue weighted by molar-refractivity contribution is -0.159. The summed E-state index contributed by atoms with van der Waals surface area (Å²) in [6, 6.07) is 0. The van der Waals surface area contributed by atoms with Crippen molar-refractivity contribution in [2.75, 3.05) is 66.1 Å². The Bertz CT molecular complexity index is 978. The van der Waals surface area contributed by atoms with E-state index in [1.807, 2.05) is 0 Å². The Kier molecular flexibility index (Phi) is 47.5. The second kappa shape index (κ2) is 49.0. The van der Waals surface area contributed by atoms with Gasteiger partial charge in [0.25, 0.3) is 0 Å². The third-order valence-electron chi connectivity index (χ3n) is 10.8. The number of aliphatic hydroxyl groups is 5. The van der Waals surface area contributed by atoms with Crippen LogP contribution in [0.2, 0.25) is 0 Å². The molecule has 0 aliphatic heterocycles. The molecule has 0 radical (unpaired) electrons. The summed E-state index contributed by atoms with van der Waals surface area (Å²) < 4.78 is 33.4. The minimum absolute atomic E-state index is 0.0587. The summed E-state index contributed by atoms with van der Waals surface area (Å²) in [6.07, 6.45) is 35.2. The molecular formula is C51H96O13. The van der Waals surface area contributed by atoms with Gasteiger partial charge in [-0.25, -0.2) is 0 Å². The molecule has 13 nitrogen and oxygen atoms in total. The number of ether oxygens (including phenoxy) is 6. The molecule has 0 amide bonds.